The van der Waals surface area contributed by atoms with Crippen LogP contribution in [0.3, 0.4) is 0 Å². The highest BCUT2D eigenvalue weighted by atomic mass is 32.2. The van der Waals surface area contributed by atoms with Crippen LogP contribution in [0.5, 0.6) is 0 Å². The van der Waals surface area contributed by atoms with Crippen molar-refractivity contribution in [1.82, 2.24) is 9.21 Å². The molecule has 1 heterocycles. The molecule has 0 saturated heterocycles. The second kappa shape index (κ2) is 7.88. The van der Waals surface area contributed by atoms with E-state index < -0.39 is 27.8 Å². The Balaban J connectivity index is 1.89. The van der Waals surface area contributed by atoms with Gasteiger partial charge in [-0.15, -0.1) is 0 Å². The van der Waals surface area contributed by atoms with Crippen molar-refractivity contribution in [2.75, 3.05) is 33.4 Å². The zero-order valence-corrected chi connectivity index (χ0v) is 16.5. The minimum absolute atomic E-state index is 0.0669. The number of carbonyl (C=O) groups is 3. The number of nitrogens with zero attached hydrogens (tertiary/aromatic N) is 2. The highest BCUT2D eigenvalue weighted by Gasteiger charge is 2.48. The van der Waals surface area contributed by atoms with E-state index in [-0.39, 0.29) is 48.4 Å². The lowest BCUT2D eigenvalue weighted by Gasteiger charge is -2.21. The maximum atomic E-state index is 12.9. The molecular formula is C18H22N2O7S. The third-order valence-electron chi connectivity index (χ3n) is 4.55. The zero-order valence-electron chi connectivity index (χ0n) is 15.7. The maximum absolute atomic E-state index is 12.9. The van der Waals surface area contributed by atoms with Gasteiger partial charge in [0.15, 0.2) is 0 Å². The van der Waals surface area contributed by atoms with E-state index in [1.165, 1.54) is 30.2 Å². The SMILES string of the molecule is CCOC(=O)CN(CCOC)C(=O)c1ccc2c(c1)S(=O)(=O)N(C1CC1)C2=O. The van der Waals surface area contributed by atoms with E-state index in [2.05, 4.69) is 0 Å². The van der Waals surface area contributed by atoms with Crippen LogP contribution in [0.4, 0.5) is 0 Å². The predicted octanol–water partition coefficient (Wildman–Crippen LogP) is 0.645. The molecule has 28 heavy (non-hydrogen) atoms. The van der Waals surface area contributed by atoms with Crippen LogP contribution in [0.25, 0.3) is 0 Å². The van der Waals surface area contributed by atoms with Crippen LogP contribution < -0.4 is 0 Å². The van der Waals surface area contributed by atoms with Crippen LogP contribution in [0.2, 0.25) is 0 Å². The molecule has 1 fully saturated rings. The van der Waals surface area contributed by atoms with Crippen LogP contribution in [-0.2, 0) is 24.3 Å². The Hall–Kier alpha value is -2.46. The van der Waals surface area contributed by atoms with E-state index in [0.29, 0.717) is 12.8 Å². The molecule has 1 aliphatic heterocycles. The van der Waals surface area contributed by atoms with Crippen LogP contribution in [-0.4, -0.2) is 74.9 Å². The van der Waals surface area contributed by atoms with Gasteiger partial charge in [-0.25, -0.2) is 12.7 Å². The van der Waals surface area contributed by atoms with Crippen molar-refractivity contribution in [2.45, 2.75) is 30.7 Å². The van der Waals surface area contributed by atoms with Gasteiger partial charge in [0, 0.05) is 25.3 Å². The van der Waals surface area contributed by atoms with Crippen LogP contribution in [0.15, 0.2) is 23.1 Å². The molecular weight excluding hydrogens is 388 g/mol. The van der Waals surface area contributed by atoms with Gasteiger partial charge in [-0.05, 0) is 38.0 Å². The molecule has 0 radical (unpaired) electrons. The van der Waals surface area contributed by atoms with E-state index in [1.807, 2.05) is 0 Å². The molecule has 0 bridgehead atoms. The monoisotopic (exact) mass is 410 g/mol. The van der Waals surface area contributed by atoms with Crippen molar-refractivity contribution in [1.29, 1.82) is 0 Å². The van der Waals surface area contributed by atoms with Crippen LogP contribution in [0.1, 0.15) is 40.5 Å². The number of fused-ring (bicyclic) bond motifs is 1. The van der Waals surface area contributed by atoms with Crippen molar-refractivity contribution in [2.24, 2.45) is 0 Å². The van der Waals surface area contributed by atoms with Crippen LogP contribution >= 0.6 is 0 Å². The minimum atomic E-state index is -3.97. The Morgan fingerprint density at radius 2 is 2.00 bits per heavy atom. The fourth-order valence-electron chi connectivity index (χ4n) is 3.05. The Morgan fingerprint density at radius 3 is 2.61 bits per heavy atom. The third kappa shape index (κ3) is 3.74. The maximum Gasteiger partial charge on any atom is 0.325 e. The second-order valence-electron chi connectivity index (χ2n) is 6.57. The fraction of sp³-hybridized carbons (Fsp3) is 0.500. The van der Waals surface area contributed by atoms with E-state index in [1.54, 1.807) is 6.92 Å². The topological polar surface area (TPSA) is 110 Å². The molecule has 1 aromatic carbocycles. The lowest BCUT2D eigenvalue weighted by Crippen LogP contribution is -2.38. The lowest BCUT2D eigenvalue weighted by molar-refractivity contribution is -0.143. The summed E-state index contributed by atoms with van der Waals surface area (Å²) in [6, 6.07) is 3.66. The summed E-state index contributed by atoms with van der Waals surface area (Å²) in [5.74, 6) is -1.67. The molecule has 10 heteroatoms. The molecule has 9 nitrogen and oxygen atoms in total. The zero-order chi connectivity index (χ0) is 20.5. The number of methoxy groups -OCH3 is 1. The number of benzene rings is 1. The van der Waals surface area contributed by atoms with E-state index in [4.69, 9.17) is 9.47 Å². The summed E-state index contributed by atoms with van der Waals surface area (Å²) in [5.41, 5.74) is 0.144. The highest BCUT2D eigenvalue weighted by Crippen LogP contribution is 2.39. The van der Waals surface area contributed by atoms with Crippen molar-refractivity contribution >= 4 is 27.8 Å². The number of esters is 1. The smallest absolute Gasteiger partial charge is 0.325 e. The van der Waals surface area contributed by atoms with Crippen molar-refractivity contribution < 1.29 is 32.3 Å². The summed E-state index contributed by atoms with van der Waals surface area (Å²) < 4.78 is 36.3. The van der Waals surface area contributed by atoms with Gasteiger partial charge in [0.05, 0.1) is 18.8 Å². The minimum Gasteiger partial charge on any atom is -0.465 e. The van der Waals surface area contributed by atoms with Crippen molar-refractivity contribution in [3.63, 3.8) is 0 Å². The summed E-state index contributed by atoms with van der Waals surface area (Å²) >= 11 is 0. The molecule has 0 aromatic heterocycles. The Kier molecular flexibility index (Phi) is 5.71. The predicted molar refractivity (Wildman–Crippen MR) is 97.2 cm³/mol. The average Bonchev–Trinajstić information content (AvgIpc) is 3.46. The molecule has 1 aliphatic carbocycles. The van der Waals surface area contributed by atoms with Crippen LogP contribution in [0, 0.1) is 0 Å². The summed E-state index contributed by atoms with van der Waals surface area (Å²) in [7, 11) is -2.50. The molecule has 0 atom stereocenters. The van der Waals surface area contributed by atoms with E-state index in [0.717, 1.165) is 4.31 Å². The molecule has 1 saturated carbocycles. The largest absolute Gasteiger partial charge is 0.465 e. The number of carbonyl (C=O) groups excluding carboxylic acids is 3. The molecule has 3 rings (SSSR count). The quantitative estimate of drug-likeness (QED) is 0.579. The summed E-state index contributed by atoms with van der Waals surface area (Å²) in [6.07, 6.45) is 1.30. The van der Waals surface area contributed by atoms with E-state index in [9.17, 15) is 22.8 Å². The molecule has 2 amide bonds. The first-order chi connectivity index (χ1) is 13.3. The highest BCUT2D eigenvalue weighted by molar-refractivity contribution is 7.90. The van der Waals surface area contributed by atoms with Gasteiger partial charge in [-0.1, -0.05) is 0 Å². The molecule has 1 aromatic rings. The van der Waals surface area contributed by atoms with Gasteiger partial charge in [0.25, 0.3) is 21.8 Å². The number of sulfonamides is 1. The second-order valence-corrected chi connectivity index (χ2v) is 8.36. The normalized spacial score (nSPS) is 17.4. The van der Waals surface area contributed by atoms with Gasteiger partial charge in [-0.3, -0.25) is 14.4 Å². The first kappa shape index (κ1) is 20.3. The molecule has 0 spiro atoms. The van der Waals surface area contributed by atoms with Gasteiger partial charge in [0.1, 0.15) is 11.4 Å². The molecule has 0 N–H and O–H groups in total. The first-order valence-electron chi connectivity index (χ1n) is 8.98. The standard InChI is InChI=1S/C18H22N2O7S/c1-3-27-16(21)11-19(8-9-26-2)17(22)12-4-7-14-15(10-12)28(24,25)20(18(14)23)13-5-6-13/h4,7,10,13H,3,5-6,8-9,11H2,1-2H3. The Morgan fingerprint density at radius 1 is 1.29 bits per heavy atom. The number of ether oxygens (including phenoxy) is 2. The van der Waals surface area contributed by atoms with E-state index >= 15 is 0 Å². The van der Waals surface area contributed by atoms with Crippen molar-refractivity contribution in [3.8, 4) is 0 Å². The number of rotatable bonds is 8. The molecule has 2 aliphatic rings. The summed E-state index contributed by atoms with van der Waals surface area (Å²) in [4.78, 5) is 38.2. The van der Waals surface area contributed by atoms with Gasteiger partial charge in [0.2, 0.25) is 0 Å². The lowest BCUT2D eigenvalue weighted by atomic mass is 10.1. The third-order valence-corrected chi connectivity index (χ3v) is 6.43. The van der Waals surface area contributed by atoms with Gasteiger partial charge < -0.3 is 14.4 Å². The average molecular weight is 410 g/mol. The Labute approximate surface area is 163 Å². The number of hydrogen-bond donors (Lipinski definition) is 0. The fourth-order valence-corrected chi connectivity index (χ4v) is 4.89. The Bertz CT molecular complexity index is 909. The summed E-state index contributed by atoms with van der Waals surface area (Å²) in [5, 5.41) is 0. The van der Waals surface area contributed by atoms with Gasteiger partial charge >= 0.3 is 5.97 Å². The van der Waals surface area contributed by atoms with Gasteiger partial charge in [-0.2, -0.15) is 0 Å². The molecule has 0 unspecified atom stereocenters. The molecule has 152 valence electrons. The number of amides is 2. The summed E-state index contributed by atoms with van der Waals surface area (Å²) in [6.45, 7) is 1.88. The number of hydrogen-bond acceptors (Lipinski definition) is 7. The van der Waals surface area contributed by atoms with Crippen molar-refractivity contribution in [3.05, 3.63) is 29.3 Å². The first-order valence-corrected chi connectivity index (χ1v) is 10.4.